The van der Waals surface area contributed by atoms with Crippen LogP contribution in [0.25, 0.3) is 0 Å². The first-order valence-electron chi connectivity index (χ1n) is 9.46. The fourth-order valence-corrected chi connectivity index (χ4v) is 5.61. The fraction of sp³-hybridized carbons (Fsp3) is 0.619. The first-order chi connectivity index (χ1) is 12.0. The molecule has 134 valence electrons. The summed E-state index contributed by atoms with van der Waals surface area (Å²) in [7, 11) is 0. The van der Waals surface area contributed by atoms with Crippen LogP contribution in [0.5, 0.6) is 5.75 Å². The lowest BCUT2D eigenvalue weighted by Crippen LogP contribution is -2.51. The van der Waals surface area contributed by atoms with E-state index in [2.05, 4.69) is 0 Å². The summed E-state index contributed by atoms with van der Waals surface area (Å²) in [6.45, 7) is 1.55. The number of rotatable bonds is 6. The van der Waals surface area contributed by atoms with Crippen LogP contribution in [0.4, 0.5) is 0 Å². The Morgan fingerprint density at radius 1 is 1.04 bits per heavy atom. The second-order valence-corrected chi connectivity index (χ2v) is 8.30. The molecule has 0 aromatic heterocycles. The minimum Gasteiger partial charge on any atom is -0.479 e. The number of hydrogen-bond donors (Lipinski definition) is 0. The number of hydrogen-bond acceptors (Lipinski definition) is 4. The molecule has 4 aliphatic carbocycles. The van der Waals surface area contributed by atoms with Gasteiger partial charge >= 0.3 is 5.97 Å². The van der Waals surface area contributed by atoms with E-state index in [1.807, 2.05) is 18.2 Å². The lowest BCUT2D eigenvalue weighted by molar-refractivity contribution is -0.161. The van der Waals surface area contributed by atoms with Gasteiger partial charge in [-0.1, -0.05) is 18.2 Å². The molecule has 5 rings (SSSR count). The van der Waals surface area contributed by atoms with E-state index in [0.717, 1.165) is 19.3 Å². The number of ketones is 1. The Balaban J connectivity index is 1.32. The third kappa shape index (κ3) is 3.31. The quantitative estimate of drug-likeness (QED) is 0.738. The average Bonchev–Trinajstić information content (AvgIpc) is 2.59. The van der Waals surface area contributed by atoms with E-state index in [9.17, 15) is 9.59 Å². The molecule has 4 bridgehead atoms. The number of Topliss-reactive ketones (excluding diaryl/α,β-unsaturated/α-hetero) is 1. The van der Waals surface area contributed by atoms with Gasteiger partial charge in [-0.25, -0.2) is 4.79 Å². The van der Waals surface area contributed by atoms with Crippen LogP contribution in [0.2, 0.25) is 0 Å². The molecule has 0 saturated heterocycles. The van der Waals surface area contributed by atoms with Crippen LogP contribution >= 0.6 is 0 Å². The van der Waals surface area contributed by atoms with Crippen molar-refractivity contribution < 1.29 is 19.1 Å². The zero-order valence-electron chi connectivity index (χ0n) is 14.8. The molecule has 4 aliphatic rings. The maximum Gasteiger partial charge on any atom is 0.347 e. The van der Waals surface area contributed by atoms with Crippen molar-refractivity contribution in [3.8, 4) is 5.75 Å². The highest BCUT2D eigenvalue weighted by Crippen LogP contribution is 2.60. The van der Waals surface area contributed by atoms with E-state index in [1.54, 1.807) is 19.1 Å². The topological polar surface area (TPSA) is 52.6 Å². The van der Waals surface area contributed by atoms with E-state index in [0.29, 0.717) is 23.5 Å². The molecule has 0 N–H and O–H groups in total. The standard InChI is InChI=1S/C21H26O4/c1-14(25-18-5-3-2-4-6-18)20(23)24-13-19(22)21-10-15-7-16(11-21)9-17(8-15)12-21/h2-6,14-17H,7-13H2,1H3. The number of esters is 1. The van der Waals surface area contributed by atoms with Crippen LogP contribution in [0.1, 0.15) is 45.4 Å². The Kier molecular flexibility index (Phi) is 4.30. The summed E-state index contributed by atoms with van der Waals surface area (Å²) in [5, 5.41) is 0. The van der Waals surface area contributed by atoms with Gasteiger partial charge in [0.1, 0.15) is 5.75 Å². The fourth-order valence-electron chi connectivity index (χ4n) is 5.61. The van der Waals surface area contributed by atoms with Crippen molar-refractivity contribution in [3.05, 3.63) is 30.3 Å². The van der Waals surface area contributed by atoms with Crippen molar-refractivity contribution in [2.24, 2.45) is 23.2 Å². The summed E-state index contributed by atoms with van der Waals surface area (Å²) in [4.78, 5) is 25.0. The minimum absolute atomic E-state index is 0.104. The van der Waals surface area contributed by atoms with Crippen molar-refractivity contribution in [2.45, 2.75) is 51.6 Å². The molecule has 1 aromatic rings. The lowest BCUT2D eigenvalue weighted by atomic mass is 9.48. The Labute approximate surface area is 148 Å². The van der Waals surface area contributed by atoms with Crippen LogP contribution in [0, 0.1) is 23.2 Å². The number of carbonyl (C=O) groups is 2. The van der Waals surface area contributed by atoms with Crippen molar-refractivity contribution >= 4 is 11.8 Å². The highest BCUT2D eigenvalue weighted by Gasteiger charge is 2.54. The van der Waals surface area contributed by atoms with E-state index in [-0.39, 0.29) is 17.8 Å². The Hall–Kier alpha value is -1.84. The smallest absolute Gasteiger partial charge is 0.347 e. The van der Waals surface area contributed by atoms with Gasteiger partial charge in [-0.3, -0.25) is 4.79 Å². The van der Waals surface area contributed by atoms with Gasteiger partial charge in [0.25, 0.3) is 0 Å². The summed E-state index contributed by atoms with van der Waals surface area (Å²) in [6.07, 6.45) is 6.20. The van der Waals surface area contributed by atoms with Gasteiger partial charge in [0.15, 0.2) is 18.5 Å². The third-order valence-corrected chi connectivity index (χ3v) is 6.36. The lowest BCUT2D eigenvalue weighted by Gasteiger charge is -2.55. The third-order valence-electron chi connectivity index (χ3n) is 6.36. The van der Waals surface area contributed by atoms with Crippen molar-refractivity contribution in [1.29, 1.82) is 0 Å². The van der Waals surface area contributed by atoms with Crippen molar-refractivity contribution in [1.82, 2.24) is 0 Å². The highest BCUT2D eigenvalue weighted by atomic mass is 16.6. The van der Waals surface area contributed by atoms with E-state index < -0.39 is 12.1 Å². The van der Waals surface area contributed by atoms with Gasteiger partial charge in [0.2, 0.25) is 0 Å². The summed E-state index contributed by atoms with van der Waals surface area (Å²) >= 11 is 0. The maximum atomic E-state index is 12.9. The predicted molar refractivity (Wildman–Crippen MR) is 93.1 cm³/mol. The molecule has 0 amide bonds. The molecular formula is C21H26O4. The second-order valence-electron chi connectivity index (χ2n) is 8.30. The summed E-state index contributed by atoms with van der Waals surface area (Å²) in [5.74, 6) is 2.43. The second kappa shape index (κ2) is 6.47. The van der Waals surface area contributed by atoms with Crippen LogP contribution in [0.15, 0.2) is 30.3 Å². The van der Waals surface area contributed by atoms with Crippen LogP contribution in [-0.2, 0) is 14.3 Å². The van der Waals surface area contributed by atoms with Crippen LogP contribution < -0.4 is 4.74 Å². The minimum atomic E-state index is -0.716. The molecule has 4 nitrogen and oxygen atoms in total. The van der Waals surface area contributed by atoms with Gasteiger partial charge in [0.05, 0.1) is 0 Å². The van der Waals surface area contributed by atoms with Crippen molar-refractivity contribution in [2.75, 3.05) is 6.61 Å². The molecule has 0 aliphatic heterocycles. The van der Waals surface area contributed by atoms with Crippen molar-refractivity contribution in [3.63, 3.8) is 0 Å². The largest absolute Gasteiger partial charge is 0.479 e. The maximum absolute atomic E-state index is 12.9. The van der Waals surface area contributed by atoms with Gasteiger partial charge in [0, 0.05) is 5.41 Å². The molecular weight excluding hydrogens is 316 g/mol. The Bertz CT molecular complexity index is 616. The predicted octanol–water partition coefficient (Wildman–Crippen LogP) is 3.78. The molecule has 1 unspecified atom stereocenters. The molecule has 4 saturated carbocycles. The van der Waals surface area contributed by atoms with Gasteiger partial charge < -0.3 is 9.47 Å². The van der Waals surface area contributed by atoms with Crippen LogP contribution in [0.3, 0.4) is 0 Å². The molecule has 0 radical (unpaired) electrons. The number of para-hydroxylation sites is 1. The summed E-state index contributed by atoms with van der Waals surface area (Å²) in [5.41, 5.74) is -0.210. The highest BCUT2D eigenvalue weighted by molar-refractivity contribution is 5.88. The van der Waals surface area contributed by atoms with Gasteiger partial charge in [-0.2, -0.15) is 0 Å². The molecule has 25 heavy (non-hydrogen) atoms. The molecule has 0 heterocycles. The number of carbonyl (C=O) groups excluding carboxylic acids is 2. The Morgan fingerprint density at radius 3 is 2.16 bits per heavy atom. The first-order valence-corrected chi connectivity index (χ1v) is 9.46. The average molecular weight is 342 g/mol. The number of ether oxygens (including phenoxy) is 2. The van der Waals surface area contributed by atoms with E-state index in [4.69, 9.17) is 9.47 Å². The van der Waals surface area contributed by atoms with Gasteiger partial charge in [-0.05, 0) is 75.3 Å². The molecule has 0 spiro atoms. The summed E-state index contributed by atoms with van der Waals surface area (Å²) in [6, 6.07) is 9.18. The monoisotopic (exact) mass is 342 g/mol. The van der Waals surface area contributed by atoms with E-state index in [1.165, 1.54) is 19.3 Å². The van der Waals surface area contributed by atoms with Gasteiger partial charge in [-0.15, -0.1) is 0 Å². The number of benzene rings is 1. The first kappa shape index (κ1) is 16.6. The molecule has 1 atom stereocenters. The molecule has 4 heteroatoms. The molecule has 1 aromatic carbocycles. The Morgan fingerprint density at radius 2 is 1.60 bits per heavy atom. The molecule has 4 fully saturated rings. The zero-order chi connectivity index (χ0) is 17.4. The van der Waals surface area contributed by atoms with E-state index >= 15 is 0 Å². The summed E-state index contributed by atoms with van der Waals surface area (Å²) < 4.78 is 10.9. The zero-order valence-corrected chi connectivity index (χ0v) is 14.8. The normalized spacial score (nSPS) is 33.7. The van der Waals surface area contributed by atoms with Crippen LogP contribution in [-0.4, -0.2) is 24.5 Å². The SMILES string of the molecule is CC(Oc1ccccc1)C(=O)OCC(=O)C12CC3CC(CC(C3)C1)C2.